The summed E-state index contributed by atoms with van der Waals surface area (Å²) in [6.45, 7) is 7.03. The number of benzene rings is 1. The lowest BCUT2D eigenvalue weighted by Crippen LogP contribution is -2.31. The number of carbonyl (C=O) groups excluding carboxylic acids is 1. The van der Waals surface area contributed by atoms with Gasteiger partial charge in [0.2, 0.25) is 0 Å². The second kappa shape index (κ2) is 6.83. The molecule has 0 unspecified atom stereocenters. The average molecular weight is 245 g/mol. The molecule has 96 valence electrons. The molecule has 0 radical (unpaired) electrons. The minimum atomic E-state index is -0.173. The van der Waals surface area contributed by atoms with Crippen LogP contribution in [-0.4, -0.2) is 35.6 Å². The molecule has 0 aliphatic rings. The first-order valence-corrected chi connectivity index (χ1v) is 6.14. The molecule has 1 aromatic rings. The fraction of sp³-hybridized carbons (Fsp3) is 0.400. The summed E-state index contributed by atoms with van der Waals surface area (Å²) in [6, 6.07) is 5.50. The zero-order chi connectivity index (χ0) is 13.5. The molecule has 0 spiro atoms. The van der Waals surface area contributed by atoms with Crippen LogP contribution < -0.4 is 0 Å². The molecule has 1 rings (SSSR count). The molecule has 0 aliphatic heterocycles. The van der Waals surface area contributed by atoms with Crippen LogP contribution >= 0.6 is 0 Å². The minimum Gasteiger partial charge on any atom is -0.384 e. The zero-order valence-corrected chi connectivity index (χ0v) is 11.2. The quantitative estimate of drug-likeness (QED) is 0.825. The van der Waals surface area contributed by atoms with E-state index >= 15 is 0 Å². The van der Waals surface area contributed by atoms with E-state index in [1.165, 1.54) is 0 Å². The van der Waals surface area contributed by atoms with Crippen molar-refractivity contribution in [3.8, 4) is 11.8 Å². The van der Waals surface area contributed by atoms with Gasteiger partial charge < -0.3 is 10.0 Å². The predicted molar refractivity (Wildman–Crippen MR) is 72.4 cm³/mol. The summed E-state index contributed by atoms with van der Waals surface area (Å²) >= 11 is 0. The van der Waals surface area contributed by atoms with Crippen molar-refractivity contribution in [2.24, 2.45) is 0 Å². The standard InChI is InChI=1S/C15H19NO2/c1-4-16(5-2)15(18)14-10-6-8-13(12(14)3)9-7-11-17/h6,8,10,17H,4-5,11H2,1-3H3. The minimum absolute atomic E-state index is 0.0325. The summed E-state index contributed by atoms with van der Waals surface area (Å²) in [5.41, 5.74) is 2.35. The van der Waals surface area contributed by atoms with Gasteiger partial charge in [0.25, 0.3) is 5.91 Å². The lowest BCUT2D eigenvalue weighted by atomic mass is 10.0. The Hall–Kier alpha value is -1.79. The third-order valence-corrected chi connectivity index (χ3v) is 2.92. The zero-order valence-electron chi connectivity index (χ0n) is 11.2. The maximum atomic E-state index is 12.3. The smallest absolute Gasteiger partial charge is 0.254 e. The SMILES string of the molecule is CCN(CC)C(=O)c1cccc(C#CCO)c1C. The van der Waals surface area contributed by atoms with Gasteiger partial charge in [-0.3, -0.25) is 4.79 Å². The summed E-state index contributed by atoms with van der Waals surface area (Å²) < 4.78 is 0. The van der Waals surface area contributed by atoms with Gasteiger partial charge in [0, 0.05) is 24.2 Å². The number of carbonyl (C=O) groups is 1. The fourth-order valence-corrected chi connectivity index (χ4v) is 1.82. The highest BCUT2D eigenvalue weighted by Gasteiger charge is 2.15. The van der Waals surface area contributed by atoms with Crippen molar-refractivity contribution < 1.29 is 9.90 Å². The number of amides is 1. The number of hydrogen-bond acceptors (Lipinski definition) is 2. The van der Waals surface area contributed by atoms with Crippen LogP contribution in [0.15, 0.2) is 18.2 Å². The highest BCUT2D eigenvalue weighted by atomic mass is 16.2. The first-order chi connectivity index (χ1) is 8.65. The number of rotatable bonds is 3. The lowest BCUT2D eigenvalue weighted by molar-refractivity contribution is 0.0772. The Morgan fingerprint density at radius 2 is 2.00 bits per heavy atom. The highest BCUT2D eigenvalue weighted by Crippen LogP contribution is 2.15. The van der Waals surface area contributed by atoms with Crippen LogP contribution in [0.5, 0.6) is 0 Å². The van der Waals surface area contributed by atoms with E-state index in [2.05, 4.69) is 11.8 Å². The highest BCUT2D eigenvalue weighted by molar-refractivity contribution is 5.96. The Morgan fingerprint density at radius 3 is 2.56 bits per heavy atom. The number of hydrogen-bond donors (Lipinski definition) is 1. The monoisotopic (exact) mass is 245 g/mol. The van der Waals surface area contributed by atoms with Crippen molar-refractivity contribution in [3.05, 3.63) is 34.9 Å². The predicted octanol–water partition coefficient (Wildman–Crippen LogP) is 1.82. The van der Waals surface area contributed by atoms with E-state index in [-0.39, 0.29) is 12.5 Å². The molecule has 0 aromatic heterocycles. The number of aliphatic hydroxyl groups is 1. The molecule has 0 bridgehead atoms. The topological polar surface area (TPSA) is 40.5 Å². The molecular weight excluding hydrogens is 226 g/mol. The van der Waals surface area contributed by atoms with Crippen molar-refractivity contribution in [2.45, 2.75) is 20.8 Å². The Kier molecular flexibility index (Phi) is 5.41. The molecule has 0 fully saturated rings. The molecule has 1 amide bonds. The first kappa shape index (κ1) is 14.3. The molecule has 1 aromatic carbocycles. The van der Waals surface area contributed by atoms with E-state index in [1.54, 1.807) is 4.90 Å². The normalized spacial score (nSPS) is 9.56. The van der Waals surface area contributed by atoms with Crippen molar-refractivity contribution in [2.75, 3.05) is 19.7 Å². The van der Waals surface area contributed by atoms with Gasteiger partial charge in [-0.05, 0) is 38.5 Å². The summed E-state index contributed by atoms with van der Waals surface area (Å²) in [6.07, 6.45) is 0. The van der Waals surface area contributed by atoms with E-state index < -0.39 is 0 Å². The van der Waals surface area contributed by atoms with Crippen LogP contribution in [-0.2, 0) is 0 Å². The maximum Gasteiger partial charge on any atom is 0.254 e. The molecule has 0 atom stereocenters. The van der Waals surface area contributed by atoms with Gasteiger partial charge in [0.15, 0.2) is 0 Å². The second-order valence-electron chi connectivity index (χ2n) is 3.92. The lowest BCUT2D eigenvalue weighted by Gasteiger charge is -2.20. The van der Waals surface area contributed by atoms with Crippen molar-refractivity contribution in [3.63, 3.8) is 0 Å². The molecule has 0 aliphatic carbocycles. The van der Waals surface area contributed by atoms with Crippen LogP contribution in [0, 0.1) is 18.8 Å². The molecule has 3 nitrogen and oxygen atoms in total. The Bertz CT molecular complexity index is 479. The van der Waals surface area contributed by atoms with Gasteiger partial charge in [0.1, 0.15) is 6.61 Å². The summed E-state index contributed by atoms with van der Waals surface area (Å²) in [5, 5.41) is 8.71. The van der Waals surface area contributed by atoms with E-state index in [0.29, 0.717) is 18.7 Å². The second-order valence-corrected chi connectivity index (χ2v) is 3.92. The van der Waals surface area contributed by atoms with Crippen molar-refractivity contribution >= 4 is 5.91 Å². The van der Waals surface area contributed by atoms with E-state index in [1.807, 2.05) is 39.0 Å². The first-order valence-electron chi connectivity index (χ1n) is 6.14. The van der Waals surface area contributed by atoms with E-state index in [0.717, 1.165) is 11.1 Å². The molecule has 0 saturated carbocycles. The van der Waals surface area contributed by atoms with Crippen molar-refractivity contribution in [1.29, 1.82) is 0 Å². The Balaban J connectivity index is 3.14. The molecular formula is C15H19NO2. The van der Waals surface area contributed by atoms with Crippen molar-refractivity contribution in [1.82, 2.24) is 4.90 Å². The Morgan fingerprint density at radius 1 is 1.33 bits per heavy atom. The van der Waals surface area contributed by atoms with Crippen LogP contribution in [0.2, 0.25) is 0 Å². The molecule has 0 saturated heterocycles. The van der Waals surface area contributed by atoms with E-state index in [9.17, 15) is 4.79 Å². The van der Waals surface area contributed by atoms with Gasteiger partial charge in [0.05, 0.1) is 0 Å². The largest absolute Gasteiger partial charge is 0.384 e. The number of nitrogens with zero attached hydrogens (tertiary/aromatic N) is 1. The van der Waals surface area contributed by atoms with Crippen LogP contribution in [0.4, 0.5) is 0 Å². The van der Waals surface area contributed by atoms with Gasteiger partial charge >= 0.3 is 0 Å². The average Bonchev–Trinajstić information content (AvgIpc) is 2.39. The number of aliphatic hydroxyl groups excluding tert-OH is 1. The van der Waals surface area contributed by atoms with Crippen LogP contribution in [0.3, 0.4) is 0 Å². The van der Waals surface area contributed by atoms with Gasteiger partial charge in [-0.15, -0.1) is 0 Å². The van der Waals surface area contributed by atoms with Gasteiger partial charge in [-0.1, -0.05) is 17.9 Å². The van der Waals surface area contributed by atoms with Gasteiger partial charge in [-0.2, -0.15) is 0 Å². The van der Waals surface area contributed by atoms with Crippen LogP contribution in [0.1, 0.15) is 35.3 Å². The molecule has 1 N–H and O–H groups in total. The van der Waals surface area contributed by atoms with E-state index in [4.69, 9.17) is 5.11 Å². The third kappa shape index (κ3) is 3.12. The third-order valence-electron chi connectivity index (χ3n) is 2.92. The Labute approximate surface area is 108 Å². The molecule has 18 heavy (non-hydrogen) atoms. The van der Waals surface area contributed by atoms with Crippen LogP contribution in [0.25, 0.3) is 0 Å². The fourth-order valence-electron chi connectivity index (χ4n) is 1.82. The van der Waals surface area contributed by atoms with Gasteiger partial charge in [-0.25, -0.2) is 0 Å². The molecule has 3 heteroatoms. The maximum absolute atomic E-state index is 12.3. The summed E-state index contributed by atoms with van der Waals surface area (Å²) in [7, 11) is 0. The summed E-state index contributed by atoms with van der Waals surface area (Å²) in [5.74, 6) is 5.50. The summed E-state index contributed by atoms with van der Waals surface area (Å²) in [4.78, 5) is 14.1. The molecule has 0 heterocycles.